The Balaban J connectivity index is 1.34. The lowest BCUT2D eigenvalue weighted by atomic mass is 9.44. The molecule has 0 spiro atoms. The standard InChI is InChI=1S/C66H85NO14/c1-11-12-13-14-15-16-17-18-19-20-21-22-23-24-25-26-27-28-35-40-52(70)78-55-53-44(2)49(77-59(72)45(3)54(47-36-31-29-32-37-47)67-61(74)81-62(5,6)7)42-66(75,63(53,8)9)58(79-60(73)48-38-33-30-34-39-48)56-64(10,57(55)71)50(69)41-51-65(56,43-76-51)80-46(4)68/h12-13,15-16,18-19,21-22,24-25,27-34,36-39,45,49-51,54-56,58,69,75H,11,14,17,20,23,26,35,40-43H2,1-10H3,(H,67,74)/b13-12-,16-15-,19-18-,22-21-,25-24-,28-27-/t45?,49?,50-,51+,54+,55+,56-,58-,64+,65-,66+/m0/s1. The van der Waals surface area contributed by atoms with Crippen molar-refractivity contribution in [2.24, 2.45) is 22.7 Å². The first kappa shape index (κ1) is 63.5. The van der Waals surface area contributed by atoms with Crippen LogP contribution in [0.25, 0.3) is 0 Å². The number of aliphatic hydroxyl groups excluding tert-OH is 1. The van der Waals surface area contributed by atoms with E-state index in [-0.39, 0.29) is 42.6 Å². The van der Waals surface area contributed by atoms with E-state index in [9.17, 15) is 34.2 Å². The van der Waals surface area contributed by atoms with Gasteiger partial charge in [0.2, 0.25) is 0 Å². The second-order valence-corrected chi connectivity index (χ2v) is 23.3. The van der Waals surface area contributed by atoms with Crippen LogP contribution in [-0.2, 0) is 47.6 Å². The summed E-state index contributed by atoms with van der Waals surface area (Å²) in [5.74, 6) is -6.70. The first-order valence-electron chi connectivity index (χ1n) is 28.5. The first-order chi connectivity index (χ1) is 38.4. The molecule has 1 aliphatic heterocycles. The third-order valence-corrected chi connectivity index (χ3v) is 16.2. The molecule has 2 aromatic rings. The van der Waals surface area contributed by atoms with Crippen molar-refractivity contribution in [1.82, 2.24) is 5.32 Å². The van der Waals surface area contributed by atoms with Gasteiger partial charge in [0.15, 0.2) is 17.5 Å². The van der Waals surface area contributed by atoms with E-state index in [0.717, 1.165) is 32.1 Å². The average molecular weight is 1120 g/mol. The maximum absolute atomic E-state index is 16.1. The Kier molecular flexibility index (Phi) is 21.8. The highest BCUT2D eigenvalue weighted by Gasteiger charge is 2.78. The highest BCUT2D eigenvalue weighted by Crippen LogP contribution is 2.64. The molecule has 81 heavy (non-hydrogen) atoms. The molecule has 15 heteroatoms. The molecule has 3 fully saturated rings. The van der Waals surface area contributed by atoms with E-state index in [1.807, 2.05) is 18.2 Å². The molecule has 0 radical (unpaired) electrons. The maximum Gasteiger partial charge on any atom is 0.408 e. The molecule has 2 unspecified atom stereocenters. The van der Waals surface area contributed by atoms with Crippen molar-refractivity contribution in [3.8, 4) is 0 Å². The molecule has 11 atom stereocenters. The molecule has 3 N–H and O–H groups in total. The summed E-state index contributed by atoms with van der Waals surface area (Å²) in [6.45, 7) is 16.1. The third-order valence-electron chi connectivity index (χ3n) is 16.2. The quantitative estimate of drug-likeness (QED) is 0.0537. The molecule has 15 nitrogen and oxygen atoms in total. The predicted octanol–water partition coefficient (Wildman–Crippen LogP) is 11.6. The lowest BCUT2D eigenvalue weighted by molar-refractivity contribution is -0.346. The smallest absolute Gasteiger partial charge is 0.408 e. The number of alkyl carbamates (subject to hydrolysis) is 1. The summed E-state index contributed by atoms with van der Waals surface area (Å²) >= 11 is 0. The van der Waals surface area contributed by atoms with Gasteiger partial charge in [-0.25, -0.2) is 9.59 Å². The number of allylic oxidation sites excluding steroid dienone is 12. The van der Waals surface area contributed by atoms with Crippen LogP contribution in [0.1, 0.15) is 155 Å². The zero-order chi connectivity index (χ0) is 59.2. The summed E-state index contributed by atoms with van der Waals surface area (Å²) in [5, 5.41) is 29.3. The van der Waals surface area contributed by atoms with E-state index in [2.05, 4.69) is 66.9 Å². The van der Waals surface area contributed by atoms with Gasteiger partial charge in [-0.3, -0.25) is 19.2 Å². The predicted molar refractivity (Wildman–Crippen MR) is 308 cm³/mol. The Hall–Kier alpha value is -6.68. The fourth-order valence-electron chi connectivity index (χ4n) is 11.9. The Bertz CT molecular complexity index is 2750. The van der Waals surface area contributed by atoms with Crippen molar-refractivity contribution in [3.63, 3.8) is 0 Å². The normalized spacial score (nSPS) is 28.0. The topological polar surface area (TPSA) is 210 Å². The summed E-state index contributed by atoms with van der Waals surface area (Å²) in [5.41, 5.74) is -7.72. The van der Waals surface area contributed by atoms with Gasteiger partial charge in [-0.15, -0.1) is 0 Å². The summed E-state index contributed by atoms with van der Waals surface area (Å²) in [6.07, 6.45) is 21.3. The van der Waals surface area contributed by atoms with Crippen molar-refractivity contribution < 1.29 is 67.4 Å². The molecule has 4 aliphatic rings. The molecule has 2 aromatic carbocycles. The van der Waals surface area contributed by atoms with Crippen molar-refractivity contribution >= 4 is 35.8 Å². The fraction of sp³-hybridized carbons (Fsp3) is 0.515. The van der Waals surface area contributed by atoms with Crippen LogP contribution >= 0.6 is 0 Å². The van der Waals surface area contributed by atoms with Crippen LogP contribution in [0.5, 0.6) is 0 Å². The molecule has 6 rings (SSSR count). The Morgan fingerprint density at radius 3 is 1.85 bits per heavy atom. The van der Waals surface area contributed by atoms with E-state index in [0.29, 0.717) is 12.0 Å². The summed E-state index contributed by atoms with van der Waals surface area (Å²) in [4.78, 5) is 86.4. The van der Waals surface area contributed by atoms with Crippen LogP contribution in [0.4, 0.5) is 4.79 Å². The van der Waals surface area contributed by atoms with Crippen molar-refractivity contribution in [1.29, 1.82) is 0 Å². The minimum atomic E-state index is -2.36. The molecule has 1 amide bonds. The highest BCUT2D eigenvalue weighted by molar-refractivity contribution is 5.96. The van der Waals surface area contributed by atoms with Gasteiger partial charge in [0.05, 0.1) is 41.6 Å². The summed E-state index contributed by atoms with van der Waals surface area (Å²) in [6, 6.07) is 15.8. The largest absolute Gasteiger partial charge is 0.457 e. The van der Waals surface area contributed by atoms with E-state index < -0.39 is 118 Å². The van der Waals surface area contributed by atoms with Gasteiger partial charge in [-0.2, -0.15) is 0 Å². The van der Waals surface area contributed by atoms with Gasteiger partial charge >= 0.3 is 30.0 Å². The van der Waals surface area contributed by atoms with E-state index in [1.165, 1.54) is 26.0 Å². The zero-order valence-electron chi connectivity index (χ0n) is 48.9. The van der Waals surface area contributed by atoms with Gasteiger partial charge in [0, 0.05) is 31.6 Å². The van der Waals surface area contributed by atoms with Crippen LogP contribution in [-0.4, -0.2) is 99.9 Å². The molecule has 1 saturated heterocycles. The lowest BCUT2D eigenvalue weighted by Gasteiger charge is -2.67. The SMILES string of the molecule is CC/C=C\C/C=C\C/C=C\C/C=C\C/C=C\C/C=C\CCC(=O)O[C@H]1C(=O)[C@@]2(C)[C@H]([C@H](OC(=O)c3ccccc3)[C@]3(O)CC(OC(=O)C(C)[C@@H](NC(=O)OC(C)(C)C)c4ccccc4)C(C)=C1C3(C)C)[C@]1(OC(C)=O)CO[C@@H]1C[C@@H]2O. The lowest BCUT2D eigenvalue weighted by Crippen LogP contribution is -2.82. The van der Waals surface area contributed by atoms with Crippen molar-refractivity contribution in [2.45, 2.75) is 187 Å². The van der Waals surface area contributed by atoms with Crippen molar-refractivity contribution in [2.75, 3.05) is 6.61 Å². The molecular formula is C66H85NO14. The number of aliphatic hydroxyl groups is 2. The number of carbonyl (C=O) groups is 6. The number of nitrogens with one attached hydrogen (secondary N) is 1. The summed E-state index contributed by atoms with van der Waals surface area (Å²) in [7, 11) is 0. The number of amides is 1. The number of carbonyl (C=O) groups excluding carboxylic acids is 6. The highest BCUT2D eigenvalue weighted by atomic mass is 16.6. The molecule has 0 aromatic heterocycles. The number of Topliss-reactive ketones (excluding diaryl/α,β-unsaturated/α-hetero) is 1. The summed E-state index contributed by atoms with van der Waals surface area (Å²) < 4.78 is 37.2. The average Bonchev–Trinajstić information content (AvgIpc) is 3.41. The van der Waals surface area contributed by atoms with E-state index in [4.69, 9.17) is 28.4 Å². The maximum atomic E-state index is 16.1. The van der Waals surface area contributed by atoms with Gasteiger partial charge in [-0.1, -0.05) is 142 Å². The van der Waals surface area contributed by atoms with Gasteiger partial charge in [-0.05, 0) is 115 Å². The number of esters is 4. The van der Waals surface area contributed by atoms with Crippen LogP contribution in [0.3, 0.4) is 0 Å². The minimum Gasteiger partial charge on any atom is -0.457 e. The van der Waals surface area contributed by atoms with Gasteiger partial charge in [0.1, 0.15) is 29.5 Å². The fourth-order valence-corrected chi connectivity index (χ4v) is 11.9. The number of ketones is 1. The van der Waals surface area contributed by atoms with Crippen LogP contribution < -0.4 is 5.32 Å². The molecule has 2 bridgehead atoms. The van der Waals surface area contributed by atoms with Crippen molar-refractivity contribution in [3.05, 3.63) is 156 Å². The first-order valence-corrected chi connectivity index (χ1v) is 28.5. The third kappa shape index (κ3) is 14.9. The second-order valence-electron chi connectivity index (χ2n) is 23.3. The van der Waals surface area contributed by atoms with Gasteiger partial charge < -0.3 is 44.0 Å². The molecule has 438 valence electrons. The molecule has 2 saturated carbocycles. The van der Waals surface area contributed by atoms with Gasteiger partial charge in [0.25, 0.3) is 0 Å². The number of rotatable bonds is 23. The Labute approximate surface area is 478 Å². The second kappa shape index (κ2) is 27.9. The molecule has 3 aliphatic carbocycles. The zero-order valence-corrected chi connectivity index (χ0v) is 48.9. The number of hydrogen-bond acceptors (Lipinski definition) is 14. The number of ether oxygens (including phenoxy) is 6. The van der Waals surface area contributed by atoms with Crippen LogP contribution in [0, 0.1) is 22.7 Å². The minimum absolute atomic E-state index is 0.0710. The Morgan fingerprint density at radius 1 is 0.790 bits per heavy atom. The molecular weight excluding hydrogens is 1030 g/mol. The number of hydrogen-bond donors (Lipinski definition) is 3. The number of benzene rings is 2. The monoisotopic (exact) mass is 1120 g/mol. The molecule has 1 heterocycles. The Morgan fingerprint density at radius 2 is 1.33 bits per heavy atom. The van der Waals surface area contributed by atoms with E-state index in [1.54, 1.807) is 97.0 Å². The van der Waals surface area contributed by atoms with Crippen LogP contribution in [0.15, 0.2) is 145 Å². The number of fused-ring (bicyclic) bond motifs is 5. The van der Waals surface area contributed by atoms with Crippen LogP contribution in [0.2, 0.25) is 0 Å². The van der Waals surface area contributed by atoms with E-state index >= 15 is 4.79 Å².